The van der Waals surface area contributed by atoms with Crippen LogP contribution in [0, 0.1) is 11.8 Å². The molecular formula is C18H28ClNO3. The van der Waals surface area contributed by atoms with Crippen molar-refractivity contribution < 1.29 is 14.6 Å². The van der Waals surface area contributed by atoms with Crippen LogP contribution in [0.3, 0.4) is 0 Å². The number of methoxy groups -OCH3 is 2. The summed E-state index contributed by atoms with van der Waals surface area (Å²) in [4.78, 5) is 2.39. The molecule has 0 unspecified atom stereocenters. The molecule has 0 bridgehead atoms. The summed E-state index contributed by atoms with van der Waals surface area (Å²) in [6, 6.07) is 3.77. The Bertz CT molecular complexity index is 513. The van der Waals surface area contributed by atoms with Crippen LogP contribution < -0.4 is 9.47 Å². The minimum absolute atomic E-state index is 0.192. The van der Waals surface area contributed by atoms with Crippen LogP contribution in [0.2, 0.25) is 5.02 Å². The summed E-state index contributed by atoms with van der Waals surface area (Å²) in [6.45, 7) is 6.95. The van der Waals surface area contributed by atoms with Gasteiger partial charge in [-0.1, -0.05) is 25.4 Å². The first-order chi connectivity index (χ1) is 11.0. The number of aliphatic hydroxyl groups excluding tert-OH is 1. The summed E-state index contributed by atoms with van der Waals surface area (Å²) in [5, 5.41) is 10.8. The normalized spacial score (nSPS) is 18.2. The molecule has 1 aliphatic heterocycles. The predicted molar refractivity (Wildman–Crippen MR) is 93.4 cm³/mol. The van der Waals surface area contributed by atoms with Gasteiger partial charge in [0, 0.05) is 18.2 Å². The maximum Gasteiger partial charge on any atom is 0.141 e. The Hall–Kier alpha value is -0.970. The fraction of sp³-hybridized carbons (Fsp3) is 0.667. The van der Waals surface area contributed by atoms with Crippen molar-refractivity contribution in [2.75, 3.05) is 27.3 Å². The first-order valence-electron chi connectivity index (χ1n) is 8.27. The molecule has 1 atom stereocenters. The van der Waals surface area contributed by atoms with Crippen molar-refractivity contribution in [3.8, 4) is 11.5 Å². The summed E-state index contributed by atoms with van der Waals surface area (Å²) in [5.41, 5.74) is 1.07. The molecule has 1 saturated heterocycles. The van der Waals surface area contributed by atoms with Crippen LogP contribution in [0.1, 0.15) is 32.3 Å². The van der Waals surface area contributed by atoms with Crippen LogP contribution in [-0.4, -0.2) is 43.4 Å². The lowest BCUT2D eigenvalue weighted by Gasteiger charge is -2.35. The molecule has 1 N–H and O–H groups in total. The Morgan fingerprint density at radius 2 is 1.78 bits per heavy atom. The monoisotopic (exact) mass is 341 g/mol. The van der Waals surface area contributed by atoms with Crippen molar-refractivity contribution in [1.82, 2.24) is 4.90 Å². The smallest absolute Gasteiger partial charge is 0.141 e. The van der Waals surface area contributed by atoms with Gasteiger partial charge in [-0.3, -0.25) is 4.90 Å². The predicted octanol–water partition coefficient (Wildman–Crippen LogP) is 3.59. The fourth-order valence-electron chi connectivity index (χ4n) is 3.28. The standard InChI is InChI=1S/C18H28ClNO3/c1-12(2)18(21)13-5-7-20(8-6-13)11-14-9-15(19)17(23-4)10-16(14)22-3/h9-10,12-13,18,21H,5-8,11H2,1-4H3/t18-/m0/s1. The summed E-state index contributed by atoms with van der Waals surface area (Å²) in [5.74, 6) is 2.17. The molecule has 0 spiro atoms. The molecule has 23 heavy (non-hydrogen) atoms. The van der Waals surface area contributed by atoms with E-state index in [1.807, 2.05) is 12.1 Å². The van der Waals surface area contributed by atoms with Crippen molar-refractivity contribution in [3.05, 3.63) is 22.7 Å². The number of hydrogen-bond donors (Lipinski definition) is 1. The van der Waals surface area contributed by atoms with E-state index in [-0.39, 0.29) is 6.10 Å². The second-order valence-corrected chi connectivity index (χ2v) is 7.05. The number of likely N-dealkylation sites (tertiary alicyclic amines) is 1. The van der Waals surface area contributed by atoms with Gasteiger partial charge in [-0.15, -0.1) is 0 Å². The Morgan fingerprint density at radius 3 is 2.30 bits per heavy atom. The second kappa shape index (κ2) is 8.22. The van der Waals surface area contributed by atoms with Gasteiger partial charge >= 0.3 is 0 Å². The van der Waals surface area contributed by atoms with Gasteiger partial charge in [-0.2, -0.15) is 0 Å². The average molecular weight is 342 g/mol. The molecule has 1 aliphatic rings. The van der Waals surface area contributed by atoms with Crippen molar-refractivity contribution >= 4 is 11.6 Å². The molecule has 2 rings (SSSR count). The Morgan fingerprint density at radius 1 is 1.17 bits per heavy atom. The lowest BCUT2D eigenvalue weighted by molar-refractivity contribution is 0.0268. The van der Waals surface area contributed by atoms with Crippen molar-refractivity contribution in [1.29, 1.82) is 0 Å². The van der Waals surface area contributed by atoms with Crippen molar-refractivity contribution in [2.45, 2.75) is 39.3 Å². The Balaban J connectivity index is 2.00. The summed E-state index contributed by atoms with van der Waals surface area (Å²) < 4.78 is 10.7. The number of hydrogen-bond acceptors (Lipinski definition) is 4. The van der Waals surface area contributed by atoms with Gasteiger partial charge in [-0.05, 0) is 43.8 Å². The summed E-state index contributed by atoms with van der Waals surface area (Å²) in [7, 11) is 3.27. The highest BCUT2D eigenvalue weighted by atomic mass is 35.5. The van der Waals surface area contributed by atoms with Gasteiger partial charge in [-0.25, -0.2) is 0 Å². The molecule has 1 aromatic carbocycles. The van der Waals surface area contributed by atoms with Gasteiger partial charge in [0.15, 0.2) is 0 Å². The van der Waals surface area contributed by atoms with E-state index in [0.717, 1.165) is 43.8 Å². The number of halogens is 1. The maximum atomic E-state index is 10.2. The van der Waals surface area contributed by atoms with Gasteiger partial charge < -0.3 is 14.6 Å². The number of ether oxygens (including phenoxy) is 2. The van der Waals surface area contributed by atoms with Crippen LogP contribution in [-0.2, 0) is 6.54 Å². The highest BCUT2D eigenvalue weighted by molar-refractivity contribution is 6.32. The van der Waals surface area contributed by atoms with Crippen LogP contribution >= 0.6 is 11.6 Å². The van der Waals surface area contributed by atoms with Crippen molar-refractivity contribution in [3.63, 3.8) is 0 Å². The first-order valence-corrected chi connectivity index (χ1v) is 8.64. The van der Waals surface area contributed by atoms with Gasteiger partial charge in [0.1, 0.15) is 11.5 Å². The molecule has 0 aliphatic carbocycles. The van der Waals surface area contributed by atoms with E-state index in [1.165, 1.54) is 0 Å². The zero-order valence-electron chi connectivity index (χ0n) is 14.5. The average Bonchev–Trinajstić information content (AvgIpc) is 2.55. The number of piperidine rings is 1. The molecule has 0 saturated carbocycles. The van der Waals surface area contributed by atoms with Crippen molar-refractivity contribution in [2.24, 2.45) is 11.8 Å². The molecule has 4 nitrogen and oxygen atoms in total. The Kier molecular flexibility index (Phi) is 6.57. The van der Waals surface area contributed by atoms with E-state index in [9.17, 15) is 5.11 Å². The van der Waals surface area contributed by atoms with E-state index in [1.54, 1.807) is 14.2 Å². The molecule has 1 heterocycles. The molecule has 0 radical (unpaired) electrons. The van der Waals surface area contributed by atoms with Crippen LogP contribution in [0.4, 0.5) is 0 Å². The lowest BCUT2D eigenvalue weighted by Crippen LogP contribution is -2.39. The number of aliphatic hydroxyl groups is 1. The maximum absolute atomic E-state index is 10.2. The number of nitrogens with zero attached hydrogens (tertiary/aromatic N) is 1. The zero-order valence-corrected chi connectivity index (χ0v) is 15.3. The van der Waals surface area contributed by atoms with Crippen LogP contribution in [0.15, 0.2) is 12.1 Å². The lowest BCUT2D eigenvalue weighted by atomic mass is 9.85. The number of rotatable bonds is 6. The molecule has 130 valence electrons. The first kappa shape index (κ1) is 18.4. The molecule has 1 aromatic rings. The molecule has 1 fully saturated rings. The van der Waals surface area contributed by atoms with Gasteiger partial charge in [0.05, 0.1) is 25.3 Å². The zero-order chi connectivity index (χ0) is 17.0. The molecule has 0 aromatic heterocycles. The van der Waals surface area contributed by atoms with Crippen LogP contribution in [0.25, 0.3) is 0 Å². The third-order valence-electron chi connectivity index (χ3n) is 4.75. The molecular weight excluding hydrogens is 314 g/mol. The van der Waals surface area contributed by atoms with E-state index < -0.39 is 0 Å². The molecule has 0 amide bonds. The minimum atomic E-state index is -0.192. The third kappa shape index (κ3) is 4.52. The number of benzene rings is 1. The highest BCUT2D eigenvalue weighted by Gasteiger charge is 2.27. The van der Waals surface area contributed by atoms with E-state index >= 15 is 0 Å². The third-order valence-corrected chi connectivity index (χ3v) is 5.04. The fourth-order valence-corrected chi connectivity index (χ4v) is 3.55. The van der Waals surface area contributed by atoms with Gasteiger partial charge in [0.25, 0.3) is 0 Å². The summed E-state index contributed by atoms with van der Waals surface area (Å²) in [6.07, 6.45) is 1.87. The quantitative estimate of drug-likeness (QED) is 0.858. The van der Waals surface area contributed by atoms with E-state index in [2.05, 4.69) is 18.7 Å². The minimum Gasteiger partial charge on any atom is -0.496 e. The SMILES string of the molecule is COc1cc(OC)c(CN2CCC([C@@H](O)C(C)C)CC2)cc1Cl. The topological polar surface area (TPSA) is 41.9 Å². The molecule has 5 heteroatoms. The largest absolute Gasteiger partial charge is 0.496 e. The second-order valence-electron chi connectivity index (χ2n) is 6.65. The Labute approximate surface area is 144 Å². The summed E-state index contributed by atoms with van der Waals surface area (Å²) >= 11 is 6.24. The van der Waals surface area contributed by atoms with E-state index in [4.69, 9.17) is 21.1 Å². The van der Waals surface area contributed by atoms with Gasteiger partial charge in [0.2, 0.25) is 0 Å². The van der Waals surface area contributed by atoms with E-state index in [0.29, 0.717) is 22.6 Å². The van der Waals surface area contributed by atoms with Crippen LogP contribution in [0.5, 0.6) is 11.5 Å². The highest BCUT2D eigenvalue weighted by Crippen LogP contribution is 2.34.